The van der Waals surface area contributed by atoms with Crippen LogP contribution >= 0.6 is 0 Å². The number of urea groups is 1. The SMILES string of the molecule is CCCCCCCCCCNC(=O)N[C@@H](CO)[C@@H](O)/C=C/CCCCCCCCCCCCC[n+]1ccccc1.[Br-]. The lowest BCUT2D eigenvalue weighted by Gasteiger charge is -2.20. The molecule has 4 N–H and O–H groups in total. The van der Waals surface area contributed by atoms with Gasteiger partial charge in [-0.25, -0.2) is 9.36 Å². The average Bonchev–Trinajstić information content (AvgIpc) is 2.97. The van der Waals surface area contributed by atoms with Crippen molar-refractivity contribution in [1.82, 2.24) is 10.6 Å². The molecule has 0 saturated heterocycles. The van der Waals surface area contributed by atoms with E-state index in [1.165, 1.54) is 103 Å². The second-order valence-corrected chi connectivity index (χ2v) is 11.4. The Morgan fingerprint density at radius 1 is 0.756 bits per heavy atom. The Balaban J connectivity index is 0.0000160. The highest BCUT2D eigenvalue weighted by atomic mass is 79.9. The molecule has 0 spiro atoms. The second-order valence-electron chi connectivity index (χ2n) is 11.4. The summed E-state index contributed by atoms with van der Waals surface area (Å²) in [5, 5.41) is 25.5. The molecule has 7 heteroatoms. The molecule has 1 heterocycles. The van der Waals surface area contributed by atoms with Crippen LogP contribution in [0.15, 0.2) is 42.7 Å². The van der Waals surface area contributed by atoms with Gasteiger partial charge in [0.1, 0.15) is 6.54 Å². The number of rotatable bonds is 27. The van der Waals surface area contributed by atoms with Crippen LogP contribution in [0.3, 0.4) is 0 Å². The van der Waals surface area contributed by atoms with Gasteiger partial charge in [-0.2, -0.15) is 0 Å². The number of carbonyl (C=O) groups excluding carboxylic acids is 1. The summed E-state index contributed by atoms with van der Waals surface area (Å²) in [6, 6.07) is 5.25. The molecule has 2 amide bonds. The number of halogens is 1. The molecule has 2 atom stereocenters. The van der Waals surface area contributed by atoms with Crippen molar-refractivity contribution in [2.45, 2.75) is 154 Å². The molecule has 0 aliphatic rings. The van der Waals surface area contributed by atoms with E-state index < -0.39 is 12.1 Å². The van der Waals surface area contributed by atoms with Gasteiger partial charge >= 0.3 is 6.03 Å². The number of pyridine rings is 1. The Morgan fingerprint density at radius 2 is 1.27 bits per heavy atom. The first-order chi connectivity index (χ1) is 19.7. The van der Waals surface area contributed by atoms with E-state index in [4.69, 9.17) is 0 Å². The van der Waals surface area contributed by atoms with Gasteiger partial charge in [-0.15, -0.1) is 0 Å². The maximum atomic E-state index is 12.1. The Kier molecular flexibility index (Phi) is 29.0. The zero-order valence-corrected chi connectivity index (χ0v) is 27.7. The molecule has 238 valence electrons. The van der Waals surface area contributed by atoms with E-state index in [9.17, 15) is 15.0 Å². The molecule has 0 radical (unpaired) electrons. The number of amides is 2. The van der Waals surface area contributed by atoms with E-state index >= 15 is 0 Å². The van der Waals surface area contributed by atoms with Gasteiger partial charge in [0, 0.05) is 25.1 Å². The number of aliphatic hydroxyl groups is 2. The average molecular weight is 641 g/mol. The van der Waals surface area contributed by atoms with Crippen molar-refractivity contribution in [3.63, 3.8) is 0 Å². The number of carbonyl (C=O) groups is 1. The van der Waals surface area contributed by atoms with Gasteiger partial charge in [-0.05, 0) is 25.7 Å². The molecule has 0 aliphatic heterocycles. The number of aliphatic hydroxyl groups excluding tert-OH is 2. The van der Waals surface area contributed by atoms with Crippen LogP contribution in [0.25, 0.3) is 0 Å². The van der Waals surface area contributed by atoms with Crippen molar-refractivity contribution < 1.29 is 36.6 Å². The summed E-state index contributed by atoms with van der Waals surface area (Å²) >= 11 is 0. The van der Waals surface area contributed by atoms with Crippen LogP contribution in [0.5, 0.6) is 0 Å². The molecule has 1 aromatic rings. The first-order valence-electron chi connectivity index (χ1n) is 16.6. The Bertz CT molecular complexity index is 720. The lowest BCUT2D eigenvalue weighted by molar-refractivity contribution is -0.697. The maximum absolute atomic E-state index is 12.1. The van der Waals surface area contributed by atoms with Gasteiger partial charge in [-0.3, -0.25) is 0 Å². The molecular weight excluding hydrogens is 578 g/mol. The van der Waals surface area contributed by atoms with Crippen molar-refractivity contribution in [3.05, 3.63) is 42.7 Å². The van der Waals surface area contributed by atoms with E-state index in [2.05, 4.69) is 52.7 Å². The van der Waals surface area contributed by atoms with Crippen LogP contribution in [0, 0.1) is 0 Å². The third-order valence-electron chi connectivity index (χ3n) is 7.64. The summed E-state index contributed by atoms with van der Waals surface area (Å²) in [6.07, 6.45) is 32.0. The van der Waals surface area contributed by atoms with E-state index in [0.29, 0.717) is 6.54 Å². The van der Waals surface area contributed by atoms with E-state index in [1.807, 2.05) is 6.08 Å². The fourth-order valence-corrected chi connectivity index (χ4v) is 5.02. The van der Waals surface area contributed by atoms with Gasteiger partial charge < -0.3 is 37.8 Å². The number of unbranched alkanes of at least 4 members (excludes halogenated alkanes) is 18. The Labute approximate surface area is 262 Å². The number of hydrogen-bond donors (Lipinski definition) is 4. The summed E-state index contributed by atoms with van der Waals surface area (Å²) in [5.74, 6) is 0. The lowest BCUT2D eigenvalue weighted by atomic mass is 10.0. The number of aryl methyl sites for hydroxylation is 1. The number of hydrogen-bond acceptors (Lipinski definition) is 3. The predicted molar refractivity (Wildman–Crippen MR) is 167 cm³/mol. The van der Waals surface area contributed by atoms with Crippen LogP contribution in [-0.4, -0.2) is 41.5 Å². The van der Waals surface area contributed by atoms with E-state index in [1.54, 1.807) is 6.08 Å². The molecule has 41 heavy (non-hydrogen) atoms. The lowest BCUT2D eigenvalue weighted by Crippen LogP contribution is -3.00. The molecule has 0 aromatic carbocycles. The molecule has 1 aromatic heterocycles. The van der Waals surface area contributed by atoms with Gasteiger partial charge in [-0.1, -0.05) is 121 Å². The summed E-state index contributed by atoms with van der Waals surface area (Å²) in [6.45, 7) is 3.70. The standard InChI is InChI=1S/C34H61N3O3.BrH/c1-2-3-4-5-6-15-18-22-27-35-34(40)36-32(31-38)33(39)26-21-17-14-12-10-8-7-9-11-13-16-19-23-28-37-29-24-20-25-30-37;/h20-21,24-26,29-30,32-33,38-39H,2-19,22-23,27-28,31H2,1H3,(H-,35,36,40);1H/b26-21+;/t32-,33-;/m0./s1. The van der Waals surface area contributed by atoms with Crippen LogP contribution in [-0.2, 0) is 6.54 Å². The predicted octanol–water partition coefficient (Wildman–Crippen LogP) is 4.38. The highest BCUT2D eigenvalue weighted by molar-refractivity contribution is 5.74. The Morgan fingerprint density at radius 3 is 1.83 bits per heavy atom. The minimum atomic E-state index is -0.879. The number of nitrogens with zero attached hydrogens (tertiary/aromatic N) is 1. The van der Waals surface area contributed by atoms with Crippen molar-refractivity contribution in [3.8, 4) is 0 Å². The van der Waals surface area contributed by atoms with Crippen molar-refractivity contribution >= 4 is 6.03 Å². The number of aromatic nitrogens is 1. The minimum absolute atomic E-state index is 0. The fraction of sp³-hybridized carbons (Fsp3) is 0.765. The fourth-order valence-electron chi connectivity index (χ4n) is 5.02. The number of nitrogens with one attached hydrogen (secondary N) is 2. The summed E-state index contributed by atoms with van der Waals surface area (Å²) in [7, 11) is 0. The minimum Gasteiger partial charge on any atom is -1.00 e. The zero-order valence-electron chi connectivity index (χ0n) is 26.1. The quantitative estimate of drug-likeness (QED) is 0.0655. The highest BCUT2D eigenvalue weighted by Crippen LogP contribution is 2.12. The summed E-state index contributed by atoms with van der Waals surface area (Å²) < 4.78 is 2.27. The van der Waals surface area contributed by atoms with Gasteiger partial charge in [0.25, 0.3) is 0 Å². The van der Waals surface area contributed by atoms with E-state index in [-0.39, 0.29) is 29.6 Å². The monoisotopic (exact) mass is 639 g/mol. The Hall–Kier alpha value is -1.44. The van der Waals surface area contributed by atoms with E-state index in [0.717, 1.165) is 32.2 Å². The molecule has 0 aliphatic carbocycles. The summed E-state index contributed by atoms with van der Waals surface area (Å²) in [4.78, 5) is 12.1. The van der Waals surface area contributed by atoms with Crippen molar-refractivity contribution in [2.75, 3.05) is 13.2 Å². The van der Waals surface area contributed by atoms with Crippen LogP contribution < -0.4 is 32.2 Å². The third-order valence-corrected chi connectivity index (χ3v) is 7.64. The molecule has 0 bridgehead atoms. The zero-order chi connectivity index (χ0) is 28.9. The number of allylic oxidation sites excluding steroid dienone is 1. The molecule has 1 rings (SSSR count). The topological polar surface area (TPSA) is 85.5 Å². The molecule has 0 unspecified atom stereocenters. The second kappa shape index (κ2) is 30.0. The molecular formula is C34H62BrN3O3. The third kappa shape index (κ3) is 24.8. The van der Waals surface area contributed by atoms with Crippen LogP contribution in [0.1, 0.15) is 135 Å². The summed E-state index contributed by atoms with van der Waals surface area (Å²) in [5.41, 5.74) is 0. The van der Waals surface area contributed by atoms with Crippen LogP contribution in [0.4, 0.5) is 4.79 Å². The van der Waals surface area contributed by atoms with Crippen molar-refractivity contribution in [1.29, 1.82) is 0 Å². The van der Waals surface area contributed by atoms with Crippen molar-refractivity contribution in [2.24, 2.45) is 0 Å². The highest BCUT2D eigenvalue weighted by Gasteiger charge is 2.17. The van der Waals surface area contributed by atoms with Gasteiger partial charge in [0.2, 0.25) is 0 Å². The van der Waals surface area contributed by atoms with Crippen LogP contribution in [0.2, 0.25) is 0 Å². The normalized spacial score (nSPS) is 12.7. The maximum Gasteiger partial charge on any atom is 0.315 e. The largest absolute Gasteiger partial charge is 1.00 e. The first-order valence-corrected chi connectivity index (χ1v) is 16.6. The molecule has 6 nitrogen and oxygen atoms in total. The van der Waals surface area contributed by atoms with Gasteiger partial charge in [0.15, 0.2) is 12.4 Å². The molecule has 0 saturated carbocycles. The first kappa shape index (κ1) is 39.6. The smallest absolute Gasteiger partial charge is 0.315 e. The molecule has 0 fully saturated rings. The van der Waals surface area contributed by atoms with Gasteiger partial charge in [0.05, 0.1) is 18.8 Å².